The quantitative estimate of drug-likeness (QED) is 0.793. The van der Waals surface area contributed by atoms with Crippen molar-refractivity contribution >= 4 is 23.3 Å². The number of para-hydroxylation sites is 2. The monoisotopic (exact) mass is 408 g/mol. The van der Waals surface area contributed by atoms with Gasteiger partial charge in [0.1, 0.15) is 11.6 Å². The third-order valence-corrected chi connectivity index (χ3v) is 5.61. The SMILES string of the molecule is CC(=O)Nc1ccc(CN2CC(C(=O)NC3CCCCC3)Oc3ccccc32)cn1. The molecule has 2 aromatic rings. The van der Waals surface area contributed by atoms with Crippen molar-refractivity contribution < 1.29 is 14.3 Å². The van der Waals surface area contributed by atoms with Crippen LogP contribution in [0.1, 0.15) is 44.6 Å². The van der Waals surface area contributed by atoms with Crippen molar-refractivity contribution in [3.05, 3.63) is 48.2 Å². The number of aromatic nitrogens is 1. The Morgan fingerprint density at radius 2 is 1.93 bits per heavy atom. The number of carbonyl (C=O) groups is 2. The van der Waals surface area contributed by atoms with Crippen molar-refractivity contribution in [2.45, 2.75) is 57.7 Å². The van der Waals surface area contributed by atoms with E-state index in [0.717, 1.165) is 29.8 Å². The molecule has 2 aliphatic rings. The summed E-state index contributed by atoms with van der Waals surface area (Å²) in [5.41, 5.74) is 1.96. The summed E-state index contributed by atoms with van der Waals surface area (Å²) in [5, 5.41) is 5.86. The number of benzene rings is 1. The lowest BCUT2D eigenvalue weighted by molar-refractivity contribution is -0.128. The summed E-state index contributed by atoms with van der Waals surface area (Å²) < 4.78 is 6.05. The number of hydrogen-bond donors (Lipinski definition) is 2. The number of carbonyl (C=O) groups excluding carboxylic acids is 2. The van der Waals surface area contributed by atoms with Crippen molar-refractivity contribution in [1.82, 2.24) is 10.3 Å². The Bertz CT molecular complexity index is 894. The minimum absolute atomic E-state index is 0.0412. The first-order valence-corrected chi connectivity index (χ1v) is 10.6. The predicted octanol–water partition coefficient (Wildman–Crippen LogP) is 3.26. The summed E-state index contributed by atoms with van der Waals surface area (Å²) in [7, 11) is 0. The second-order valence-electron chi connectivity index (χ2n) is 8.03. The summed E-state index contributed by atoms with van der Waals surface area (Å²) in [6.07, 6.45) is 6.90. The average Bonchev–Trinajstić information content (AvgIpc) is 2.75. The largest absolute Gasteiger partial charge is 0.477 e. The van der Waals surface area contributed by atoms with E-state index in [1.807, 2.05) is 30.3 Å². The van der Waals surface area contributed by atoms with Gasteiger partial charge in [-0.15, -0.1) is 0 Å². The molecule has 1 aromatic heterocycles. The van der Waals surface area contributed by atoms with Gasteiger partial charge in [-0.05, 0) is 36.6 Å². The van der Waals surface area contributed by atoms with Crippen LogP contribution in [0.4, 0.5) is 11.5 Å². The second-order valence-corrected chi connectivity index (χ2v) is 8.03. The molecule has 1 aromatic carbocycles. The van der Waals surface area contributed by atoms with E-state index in [2.05, 4.69) is 20.5 Å². The van der Waals surface area contributed by atoms with Crippen LogP contribution in [0.25, 0.3) is 0 Å². The smallest absolute Gasteiger partial charge is 0.263 e. The zero-order valence-electron chi connectivity index (χ0n) is 17.3. The predicted molar refractivity (Wildman–Crippen MR) is 115 cm³/mol. The second kappa shape index (κ2) is 9.15. The summed E-state index contributed by atoms with van der Waals surface area (Å²) in [6.45, 7) is 2.53. The molecular formula is C23H28N4O3. The molecule has 1 unspecified atom stereocenters. The topological polar surface area (TPSA) is 83.6 Å². The molecule has 7 heteroatoms. The third-order valence-electron chi connectivity index (χ3n) is 5.61. The molecule has 1 aliphatic heterocycles. The van der Waals surface area contributed by atoms with Gasteiger partial charge < -0.3 is 20.3 Å². The van der Waals surface area contributed by atoms with E-state index in [1.165, 1.54) is 26.2 Å². The lowest BCUT2D eigenvalue weighted by Gasteiger charge is -2.36. The number of hydrogen-bond acceptors (Lipinski definition) is 5. The van der Waals surface area contributed by atoms with Crippen molar-refractivity contribution in [3.8, 4) is 5.75 Å². The molecular weight excluding hydrogens is 380 g/mol. The van der Waals surface area contributed by atoms with Crippen LogP contribution in [0.15, 0.2) is 42.6 Å². The van der Waals surface area contributed by atoms with Crippen LogP contribution in [-0.4, -0.2) is 35.5 Å². The van der Waals surface area contributed by atoms with Gasteiger partial charge in [-0.1, -0.05) is 37.5 Å². The van der Waals surface area contributed by atoms with E-state index in [1.54, 1.807) is 12.3 Å². The van der Waals surface area contributed by atoms with E-state index in [0.29, 0.717) is 18.9 Å². The summed E-state index contributed by atoms with van der Waals surface area (Å²) >= 11 is 0. The molecule has 2 heterocycles. The van der Waals surface area contributed by atoms with Gasteiger partial charge in [-0.2, -0.15) is 0 Å². The standard InChI is InChI=1S/C23H28N4O3/c1-16(28)25-22-12-11-17(13-24-22)14-27-15-21(30-20-10-6-5-9-19(20)27)23(29)26-18-7-3-2-4-8-18/h5-6,9-13,18,21H,2-4,7-8,14-15H2,1H3,(H,26,29)(H,24,25,28). The first kappa shape index (κ1) is 20.2. The number of amides is 2. The minimum atomic E-state index is -0.548. The lowest BCUT2D eigenvalue weighted by Crippen LogP contribution is -2.51. The molecule has 0 spiro atoms. The number of fused-ring (bicyclic) bond motifs is 1. The van der Waals surface area contributed by atoms with Crippen LogP contribution >= 0.6 is 0 Å². The molecule has 158 valence electrons. The fourth-order valence-corrected chi connectivity index (χ4v) is 4.13. The highest BCUT2D eigenvalue weighted by Gasteiger charge is 2.32. The Morgan fingerprint density at radius 3 is 2.67 bits per heavy atom. The first-order valence-electron chi connectivity index (χ1n) is 10.6. The first-order chi connectivity index (χ1) is 14.6. The molecule has 4 rings (SSSR count). The Balaban J connectivity index is 1.47. The Morgan fingerprint density at radius 1 is 1.13 bits per heavy atom. The van der Waals surface area contributed by atoms with Crippen molar-refractivity contribution in [2.24, 2.45) is 0 Å². The maximum absolute atomic E-state index is 12.9. The van der Waals surface area contributed by atoms with Gasteiger partial charge in [0.15, 0.2) is 6.10 Å². The molecule has 2 N–H and O–H groups in total. The summed E-state index contributed by atoms with van der Waals surface area (Å²) in [4.78, 5) is 30.5. The average molecular weight is 409 g/mol. The summed E-state index contributed by atoms with van der Waals surface area (Å²) in [6, 6.07) is 11.8. The summed E-state index contributed by atoms with van der Waals surface area (Å²) in [5.74, 6) is 1.05. The van der Waals surface area contributed by atoms with E-state index in [9.17, 15) is 9.59 Å². The minimum Gasteiger partial charge on any atom is -0.477 e. The van der Waals surface area contributed by atoms with E-state index >= 15 is 0 Å². The Labute approximate surface area is 176 Å². The van der Waals surface area contributed by atoms with Gasteiger partial charge in [-0.25, -0.2) is 4.98 Å². The zero-order chi connectivity index (χ0) is 20.9. The van der Waals surface area contributed by atoms with Gasteiger partial charge in [0, 0.05) is 25.7 Å². The lowest BCUT2D eigenvalue weighted by atomic mass is 9.95. The third kappa shape index (κ3) is 4.90. The molecule has 0 saturated heterocycles. The van der Waals surface area contributed by atoms with Gasteiger partial charge in [-0.3, -0.25) is 9.59 Å². The van der Waals surface area contributed by atoms with Crippen LogP contribution in [0.3, 0.4) is 0 Å². The fraction of sp³-hybridized carbons (Fsp3) is 0.435. The van der Waals surface area contributed by atoms with Crippen molar-refractivity contribution in [1.29, 1.82) is 0 Å². The van der Waals surface area contributed by atoms with Gasteiger partial charge >= 0.3 is 0 Å². The highest BCUT2D eigenvalue weighted by Crippen LogP contribution is 2.34. The highest BCUT2D eigenvalue weighted by molar-refractivity contribution is 5.87. The maximum Gasteiger partial charge on any atom is 0.263 e. The van der Waals surface area contributed by atoms with Gasteiger partial charge in [0.2, 0.25) is 5.91 Å². The fourth-order valence-electron chi connectivity index (χ4n) is 4.13. The number of rotatable bonds is 5. The van der Waals surface area contributed by atoms with Crippen LogP contribution < -0.4 is 20.3 Å². The Kier molecular flexibility index (Phi) is 6.16. The molecule has 1 fully saturated rings. The number of nitrogens with zero attached hydrogens (tertiary/aromatic N) is 2. The van der Waals surface area contributed by atoms with E-state index < -0.39 is 6.10 Å². The van der Waals surface area contributed by atoms with Crippen LogP contribution in [0.2, 0.25) is 0 Å². The van der Waals surface area contributed by atoms with E-state index in [-0.39, 0.29) is 17.9 Å². The number of anilines is 2. The normalized spacial score (nSPS) is 18.8. The molecule has 0 bridgehead atoms. The molecule has 0 radical (unpaired) electrons. The Hall–Kier alpha value is -3.09. The molecule has 2 amide bonds. The highest BCUT2D eigenvalue weighted by atomic mass is 16.5. The molecule has 1 aliphatic carbocycles. The molecule has 1 saturated carbocycles. The number of pyridine rings is 1. The number of nitrogens with one attached hydrogen (secondary N) is 2. The van der Waals surface area contributed by atoms with Gasteiger partial charge in [0.05, 0.1) is 12.2 Å². The van der Waals surface area contributed by atoms with Gasteiger partial charge in [0.25, 0.3) is 5.91 Å². The van der Waals surface area contributed by atoms with Crippen molar-refractivity contribution in [2.75, 3.05) is 16.8 Å². The van der Waals surface area contributed by atoms with Crippen LogP contribution in [-0.2, 0) is 16.1 Å². The zero-order valence-corrected chi connectivity index (χ0v) is 17.3. The van der Waals surface area contributed by atoms with Crippen LogP contribution in [0.5, 0.6) is 5.75 Å². The van der Waals surface area contributed by atoms with Crippen molar-refractivity contribution in [3.63, 3.8) is 0 Å². The van der Waals surface area contributed by atoms with E-state index in [4.69, 9.17) is 4.74 Å². The maximum atomic E-state index is 12.9. The van der Waals surface area contributed by atoms with Crippen LogP contribution in [0, 0.1) is 0 Å². The molecule has 7 nitrogen and oxygen atoms in total. The molecule has 30 heavy (non-hydrogen) atoms. The molecule has 1 atom stereocenters. The number of ether oxygens (including phenoxy) is 1.